The summed E-state index contributed by atoms with van der Waals surface area (Å²) >= 11 is 0. The molecule has 0 bridgehead atoms. The fourth-order valence-corrected chi connectivity index (χ4v) is 2.60. The molecule has 1 heterocycles. The van der Waals surface area contributed by atoms with Gasteiger partial charge in [0, 0.05) is 20.1 Å². The molecule has 1 rings (SSSR count). The van der Waals surface area contributed by atoms with Crippen LogP contribution in [0, 0.1) is 5.92 Å². The number of hydrogen-bond acceptors (Lipinski definition) is 4. The second kappa shape index (κ2) is 9.52. The highest BCUT2D eigenvalue weighted by molar-refractivity contribution is 5.78. The zero-order valence-corrected chi connectivity index (χ0v) is 13.2. The Bertz CT molecular complexity index is 352. The lowest BCUT2D eigenvalue weighted by Crippen LogP contribution is -2.43. The molecule has 0 aliphatic carbocycles. The van der Waals surface area contributed by atoms with Crippen LogP contribution in [0.25, 0.3) is 0 Å². The van der Waals surface area contributed by atoms with E-state index in [1.807, 2.05) is 7.05 Å². The molecule has 21 heavy (non-hydrogen) atoms. The second-order valence-corrected chi connectivity index (χ2v) is 5.68. The van der Waals surface area contributed by atoms with E-state index in [2.05, 4.69) is 27.0 Å². The van der Waals surface area contributed by atoms with Gasteiger partial charge in [0.1, 0.15) is 0 Å². The molecule has 0 aromatic carbocycles. The van der Waals surface area contributed by atoms with Gasteiger partial charge in [0.2, 0.25) is 11.8 Å². The minimum Gasteiger partial charge on any atom is -0.358 e. The monoisotopic (exact) mass is 296 g/mol. The van der Waals surface area contributed by atoms with E-state index in [9.17, 15) is 9.59 Å². The molecule has 2 amide bonds. The Hall–Kier alpha value is -1.40. The van der Waals surface area contributed by atoms with E-state index >= 15 is 0 Å². The first kappa shape index (κ1) is 17.7. The number of amides is 2. The van der Waals surface area contributed by atoms with Crippen LogP contribution in [-0.4, -0.2) is 75.0 Å². The van der Waals surface area contributed by atoms with Crippen LogP contribution >= 0.6 is 0 Å². The van der Waals surface area contributed by atoms with Gasteiger partial charge in [0.15, 0.2) is 0 Å². The Labute approximate surface area is 127 Å². The van der Waals surface area contributed by atoms with Crippen LogP contribution in [0.3, 0.4) is 0 Å². The fraction of sp³-hybridized carbons (Fsp3) is 0.733. The van der Waals surface area contributed by atoms with Crippen molar-refractivity contribution in [2.45, 2.75) is 12.8 Å². The lowest BCUT2D eigenvalue weighted by molar-refractivity contribution is -0.123. The first-order valence-corrected chi connectivity index (χ1v) is 7.54. The first-order valence-electron chi connectivity index (χ1n) is 7.54. The van der Waals surface area contributed by atoms with Crippen LogP contribution in [0.5, 0.6) is 0 Å². The quantitative estimate of drug-likeness (QED) is 0.603. The van der Waals surface area contributed by atoms with Crippen LogP contribution < -0.4 is 10.6 Å². The van der Waals surface area contributed by atoms with Crippen LogP contribution in [-0.2, 0) is 9.59 Å². The highest BCUT2D eigenvalue weighted by atomic mass is 16.2. The van der Waals surface area contributed by atoms with Crippen molar-refractivity contribution < 1.29 is 9.59 Å². The van der Waals surface area contributed by atoms with Gasteiger partial charge in [-0.25, -0.2) is 0 Å². The van der Waals surface area contributed by atoms with Crippen molar-refractivity contribution in [1.82, 2.24) is 20.4 Å². The predicted octanol–water partition coefficient (Wildman–Crippen LogP) is -0.322. The molecule has 2 N–H and O–H groups in total. The van der Waals surface area contributed by atoms with E-state index in [1.54, 1.807) is 13.1 Å². The Morgan fingerprint density at radius 1 is 1.33 bits per heavy atom. The second-order valence-electron chi connectivity index (χ2n) is 5.68. The molecule has 0 aromatic heterocycles. The summed E-state index contributed by atoms with van der Waals surface area (Å²) in [6.07, 6.45) is 3.84. The number of nitrogens with zero attached hydrogens (tertiary/aromatic N) is 2. The van der Waals surface area contributed by atoms with Crippen molar-refractivity contribution in [3.05, 3.63) is 12.7 Å². The number of carbonyl (C=O) groups is 2. The molecule has 0 unspecified atom stereocenters. The molecule has 0 radical (unpaired) electrons. The summed E-state index contributed by atoms with van der Waals surface area (Å²) in [5, 5.41) is 5.44. The number of likely N-dealkylation sites (N-methyl/N-ethyl adjacent to an activating group) is 2. The number of carbonyl (C=O) groups excluding carboxylic acids is 2. The number of rotatable bonds is 8. The molecule has 1 aliphatic rings. The van der Waals surface area contributed by atoms with E-state index in [0.717, 1.165) is 32.5 Å². The topological polar surface area (TPSA) is 64.7 Å². The van der Waals surface area contributed by atoms with Gasteiger partial charge in [-0.05, 0) is 38.9 Å². The average molecular weight is 296 g/mol. The molecule has 1 fully saturated rings. The summed E-state index contributed by atoms with van der Waals surface area (Å²) in [6.45, 7) is 7.84. The maximum atomic E-state index is 11.6. The predicted molar refractivity (Wildman–Crippen MR) is 83.9 cm³/mol. The molecule has 0 aromatic rings. The molecular weight excluding hydrogens is 268 g/mol. The van der Waals surface area contributed by atoms with Gasteiger partial charge in [-0.15, -0.1) is 6.58 Å². The highest BCUT2D eigenvalue weighted by Crippen LogP contribution is 2.17. The lowest BCUT2D eigenvalue weighted by Gasteiger charge is -2.33. The van der Waals surface area contributed by atoms with Crippen molar-refractivity contribution in [1.29, 1.82) is 0 Å². The van der Waals surface area contributed by atoms with E-state index in [-0.39, 0.29) is 11.8 Å². The number of likely N-dealkylation sites (tertiary alicyclic amines) is 1. The standard InChI is InChI=1S/C15H28N4O2/c1-4-7-17-15(21)11-18(3)10-13-5-8-19(9-6-13)12-14(20)16-2/h4,13H,1,5-12H2,2-3H3,(H,16,20)(H,17,21). The van der Waals surface area contributed by atoms with E-state index in [4.69, 9.17) is 0 Å². The molecular formula is C15H28N4O2. The van der Waals surface area contributed by atoms with E-state index in [0.29, 0.717) is 25.6 Å². The van der Waals surface area contributed by atoms with Crippen molar-refractivity contribution >= 4 is 11.8 Å². The Morgan fingerprint density at radius 3 is 2.57 bits per heavy atom. The van der Waals surface area contributed by atoms with Gasteiger partial charge in [-0.2, -0.15) is 0 Å². The summed E-state index contributed by atoms with van der Waals surface area (Å²) < 4.78 is 0. The Balaban J connectivity index is 2.21. The number of nitrogens with one attached hydrogen (secondary N) is 2. The molecule has 1 aliphatic heterocycles. The molecule has 0 spiro atoms. The number of piperidine rings is 1. The van der Waals surface area contributed by atoms with Gasteiger partial charge in [-0.3, -0.25) is 19.4 Å². The van der Waals surface area contributed by atoms with Crippen molar-refractivity contribution in [3.63, 3.8) is 0 Å². The largest absolute Gasteiger partial charge is 0.358 e. The van der Waals surface area contributed by atoms with Gasteiger partial charge < -0.3 is 10.6 Å². The minimum atomic E-state index is 0.0365. The summed E-state index contributed by atoms with van der Waals surface area (Å²) in [5.41, 5.74) is 0. The van der Waals surface area contributed by atoms with E-state index < -0.39 is 0 Å². The zero-order chi connectivity index (χ0) is 15.7. The molecule has 1 saturated heterocycles. The van der Waals surface area contributed by atoms with Crippen molar-refractivity contribution in [2.75, 3.05) is 53.4 Å². The smallest absolute Gasteiger partial charge is 0.234 e. The van der Waals surface area contributed by atoms with Crippen molar-refractivity contribution in [2.24, 2.45) is 5.92 Å². The van der Waals surface area contributed by atoms with Crippen LogP contribution in [0.2, 0.25) is 0 Å². The van der Waals surface area contributed by atoms with Crippen LogP contribution in [0.1, 0.15) is 12.8 Å². The minimum absolute atomic E-state index is 0.0365. The summed E-state index contributed by atoms with van der Waals surface area (Å²) in [7, 11) is 3.64. The van der Waals surface area contributed by atoms with Crippen LogP contribution in [0.4, 0.5) is 0 Å². The molecule has 120 valence electrons. The summed E-state index contributed by atoms with van der Waals surface area (Å²) in [4.78, 5) is 27.2. The lowest BCUT2D eigenvalue weighted by atomic mass is 9.96. The zero-order valence-electron chi connectivity index (χ0n) is 13.2. The van der Waals surface area contributed by atoms with Crippen molar-refractivity contribution in [3.8, 4) is 0 Å². The van der Waals surface area contributed by atoms with E-state index in [1.165, 1.54) is 0 Å². The average Bonchev–Trinajstić information content (AvgIpc) is 2.46. The first-order chi connectivity index (χ1) is 10.0. The Kier molecular flexibility index (Phi) is 8.00. The third kappa shape index (κ3) is 7.24. The van der Waals surface area contributed by atoms with Gasteiger partial charge in [-0.1, -0.05) is 6.08 Å². The normalized spacial score (nSPS) is 16.7. The third-order valence-corrected chi connectivity index (χ3v) is 3.78. The molecule has 6 heteroatoms. The fourth-order valence-electron chi connectivity index (χ4n) is 2.60. The number of hydrogen-bond donors (Lipinski definition) is 2. The maximum Gasteiger partial charge on any atom is 0.234 e. The van der Waals surface area contributed by atoms with Gasteiger partial charge in [0.05, 0.1) is 13.1 Å². The van der Waals surface area contributed by atoms with Gasteiger partial charge >= 0.3 is 0 Å². The van der Waals surface area contributed by atoms with Gasteiger partial charge in [0.25, 0.3) is 0 Å². The Morgan fingerprint density at radius 2 is 2.00 bits per heavy atom. The molecule has 0 atom stereocenters. The SMILES string of the molecule is C=CCNC(=O)CN(C)CC1CCN(CC(=O)NC)CC1. The summed E-state index contributed by atoms with van der Waals surface area (Å²) in [5.74, 6) is 0.710. The summed E-state index contributed by atoms with van der Waals surface area (Å²) in [6, 6.07) is 0. The third-order valence-electron chi connectivity index (χ3n) is 3.78. The highest BCUT2D eigenvalue weighted by Gasteiger charge is 2.22. The molecule has 6 nitrogen and oxygen atoms in total. The van der Waals surface area contributed by atoms with Crippen LogP contribution in [0.15, 0.2) is 12.7 Å². The molecule has 0 saturated carbocycles. The maximum absolute atomic E-state index is 11.6.